The van der Waals surface area contributed by atoms with E-state index in [9.17, 15) is 9.59 Å². The molecule has 3 aromatic heterocycles. The average Bonchev–Trinajstić information content (AvgIpc) is 3.49. The lowest BCUT2D eigenvalue weighted by Gasteiger charge is -2.11. The Hall–Kier alpha value is -4.79. The highest BCUT2D eigenvalue weighted by molar-refractivity contribution is 6.13. The summed E-state index contributed by atoms with van der Waals surface area (Å²) in [5, 5.41) is 15.1. The quantitative estimate of drug-likeness (QED) is 0.368. The van der Waals surface area contributed by atoms with Gasteiger partial charge in [0.1, 0.15) is 0 Å². The largest absolute Gasteiger partial charge is 0.322 e. The summed E-state index contributed by atoms with van der Waals surface area (Å²) in [6, 6.07) is 18.0. The monoisotopic (exact) mass is 479 g/mol. The van der Waals surface area contributed by atoms with Gasteiger partial charge in [0.25, 0.3) is 11.8 Å². The number of hydrogen-bond donors (Lipinski definition) is 2. The Morgan fingerprint density at radius 2 is 1.61 bits per heavy atom. The van der Waals surface area contributed by atoms with Crippen LogP contribution in [0.2, 0.25) is 0 Å². The number of nitrogens with one attached hydrogen (secondary N) is 2. The molecule has 36 heavy (non-hydrogen) atoms. The molecule has 2 amide bonds. The second-order valence-corrected chi connectivity index (χ2v) is 8.42. The first kappa shape index (κ1) is 23.0. The topological polar surface area (TPSA) is 107 Å². The van der Waals surface area contributed by atoms with Gasteiger partial charge in [-0.1, -0.05) is 18.2 Å². The van der Waals surface area contributed by atoms with E-state index in [1.54, 1.807) is 48.3 Å². The number of aryl methyl sites for hydroxylation is 3. The van der Waals surface area contributed by atoms with E-state index < -0.39 is 0 Å². The van der Waals surface area contributed by atoms with Crippen molar-refractivity contribution in [3.63, 3.8) is 0 Å². The lowest BCUT2D eigenvalue weighted by Crippen LogP contribution is -2.14. The minimum absolute atomic E-state index is 0.249. The van der Waals surface area contributed by atoms with Crippen molar-refractivity contribution in [2.24, 2.45) is 7.05 Å². The summed E-state index contributed by atoms with van der Waals surface area (Å²) in [6.07, 6.45) is 3.66. The van der Waals surface area contributed by atoms with Gasteiger partial charge in [-0.05, 0) is 56.3 Å². The fraction of sp³-hybridized carbons (Fsp3) is 0.148. The van der Waals surface area contributed by atoms with Gasteiger partial charge >= 0.3 is 0 Å². The molecule has 5 rings (SSSR count). The maximum absolute atomic E-state index is 13.4. The third kappa shape index (κ3) is 4.58. The molecule has 0 aliphatic carbocycles. The number of benzene rings is 2. The van der Waals surface area contributed by atoms with Crippen LogP contribution >= 0.6 is 0 Å². The summed E-state index contributed by atoms with van der Waals surface area (Å²) >= 11 is 0. The van der Waals surface area contributed by atoms with Crippen LogP contribution in [-0.4, -0.2) is 36.4 Å². The SMILES string of the molecule is CCn1cc(-c2cc(C(=O)Nc3ccc(NC(=O)c4ccn(C)n4)cc3)c3ccccc3n2)c(C)n1. The molecule has 0 saturated carbocycles. The van der Waals surface area contributed by atoms with Crippen molar-refractivity contribution in [3.05, 3.63) is 90.0 Å². The smallest absolute Gasteiger partial charge is 0.276 e. The molecule has 9 nitrogen and oxygen atoms in total. The van der Waals surface area contributed by atoms with Crippen LogP contribution in [0.3, 0.4) is 0 Å². The fourth-order valence-electron chi connectivity index (χ4n) is 4.00. The molecule has 9 heteroatoms. The summed E-state index contributed by atoms with van der Waals surface area (Å²) in [5.74, 6) is -0.550. The van der Waals surface area contributed by atoms with Crippen molar-refractivity contribution in [1.82, 2.24) is 24.5 Å². The molecule has 0 radical (unpaired) electrons. The van der Waals surface area contributed by atoms with E-state index >= 15 is 0 Å². The zero-order valence-electron chi connectivity index (χ0n) is 20.2. The number of pyridine rings is 1. The lowest BCUT2D eigenvalue weighted by atomic mass is 10.0. The zero-order valence-corrected chi connectivity index (χ0v) is 20.2. The van der Waals surface area contributed by atoms with Crippen LogP contribution < -0.4 is 10.6 Å². The number of carbonyl (C=O) groups excluding carboxylic acids is 2. The second-order valence-electron chi connectivity index (χ2n) is 8.42. The molecule has 0 atom stereocenters. The number of aromatic nitrogens is 5. The van der Waals surface area contributed by atoms with E-state index in [2.05, 4.69) is 20.8 Å². The second kappa shape index (κ2) is 9.46. The maximum atomic E-state index is 13.4. The molecule has 0 bridgehead atoms. The Morgan fingerprint density at radius 1 is 0.917 bits per heavy atom. The Bertz CT molecular complexity index is 1580. The summed E-state index contributed by atoms with van der Waals surface area (Å²) in [6.45, 7) is 4.71. The number of para-hydroxylation sites is 1. The van der Waals surface area contributed by atoms with Gasteiger partial charge in [-0.15, -0.1) is 0 Å². The van der Waals surface area contributed by atoms with Gasteiger partial charge in [0.05, 0.1) is 22.5 Å². The van der Waals surface area contributed by atoms with Crippen LogP contribution in [0.5, 0.6) is 0 Å². The highest BCUT2D eigenvalue weighted by atomic mass is 16.2. The Labute approximate surface area is 207 Å². The Morgan fingerprint density at radius 3 is 2.25 bits per heavy atom. The summed E-state index contributed by atoms with van der Waals surface area (Å²) < 4.78 is 3.43. The Balaban J connectivity index is 1.39. The molecule has 5 aromatic rings. The third-order valence-corrected chi connectivity index (χ3v) is 5.85. The van der Waals surface area contributed by atoms with Crippen molar-refractivity contribution < 1.29 is 9.59 Å². The molecule has 3 heterocycles. The molecule has 0 aliphatic rings. The number of rotatable bonds is 6. The van der Waals surface area contributed by atoms with Gasteiger partial charge in [-0.3, -0.25) is 19.0 Å². The lowest BCUT2D eigenvalue weighted by molar-refractivity contribution is 0.101. The minimum atomic E-state index is -0.301. The van der Waals surface area contributed by atoms with Gasteiger partial charge < -0.3 is 10.6 Å². The van der Waals surface area contributed by atoms with Gasteiger partial charge in [0, 0.05) is 48.3 Å². The van der Waals surface area contributed by atoms with Crippen LogP contribution in [-0.2, 0) is 13.6 Å². The third-order valence-electron chi connectivity index (χ3n) is 5.85. The number of amides is 2. The first-order valence-corrected chi connectivity index (χ1v) is 11.6. The first-order chi connectivity index (χ1) is 17.4. The molecular formula is C27H25N7O2. The van der Waals surface area contributed by atoms with Crippen LogP contribution in [0.4, 0.5) is 11.4 Å². The van der Waals surface area contributed by atoms with E-state index in [1.165, 1.54) is 0 Å². The highest BCUT2D eigenvalue weighted by Gasteiger charge is 2.17. The number of anilines is 2. The summed E-state index contributed by atoms with van der Waals surface area (Å²) in [7, 11) is 1.75. The van der Waals surface area contributed by atoms with E-state index in [0.29, 0.717) is 28.3 Å². The molecule has 2 N–H and O–H groups in total. The van der Waals surface area contributed by atoms with E-state index in [1.807, 2.05) is 55.1 Å². The van der Waals surface area contributed by atoms with Crippen LogP contribution in [0.15, 0.2) is 73.1 Å². The predicted octanol–water partition coefficient (Wildman–Crippen LogP) is 4.66. The number of fused-ring (bicyclic) bond motifs is 1. The van der Waals surface area contributed by atoms with Crippen molar-refractivity contribution >= 4 is 34.1 Å². The summed E-state index contributed by atoms with van der Waals surface area (Å²) in [4.78, 5) is 30.5. The van der Waals surface area contributed by atoms with E-state index in [0.717, 1.165) is 28.7 Å². The molecule has 0 saturated heterocycles. The highest BCUT2D eigenvalue weighted by Crippen LogP contribution is 2.27. The van der Waals surface area contributed by atoms with Gasteiger partial charge in [-0.2, -0.15) is 10.2 Å². The predicted molar refractivity (Wildman–Crippen MR) is 139 cm³/mol. The van der Waals surface area contributed by atoms with Crippen molar-refractivity contribution in [3.8, 4) is 11.3 Å². The fourth-order valence-corrected chi connectivity index (χ4v) is 4.00. The molecule has 0 fully saturated rings. The van der Waals surface area contributed by atoms with Gasteiger partial charge in [0.15, 0.2) is 5.69 Å². The van der Waals surface area contributed by atoms with Crippen molar-refractivity contribution in [2.45, 2.75) is 20.4 Å². The molecular weight excluding hydrogens is 454 g/mol. The number of nitrogens with zero attached hydrogens (tertiary/aromatic N) is 5. The van der Waals surface area contributed by atoms with E-state index in [4.69, 9.17) is 4.98 Å². The molecule has 2 aromatic carbocycles. The number of hydrogen-bond acceptors (Lipinski definition) is 5. The molecule has 0 unspecified atom stereocenters. The van der Waals surface area contributed by atoms with Gasteiger partial charge in [-0.25, -0.2) is 4.98 Å². The number of carbonyl (C=O) groups is 2. The van der Waals surface area contributed by atoms with Crippen molar-refractivity contribution in [2.75, 3.05) is 10.6 Å². The molecule has 0 aliphatic heterocycles. The maximum Gasteiger partial charge on any atom is 0.276 e. The first-order valence-electron chi connectivity index (χ1n) is 11.6. The van der Waals surface area contributed by atoms with E-state index in [-0.39, 0.29) is 11.8 Å². The zero-order chi connectivity index (χ0) is 25.2. The minimum Gasteiger partial charge on any atom is -0.322 e. The molecule has 0 spiro atoms. The van der Waals surface area contributed by atoms with Crippen molar-refractivity contribution in [1.29, 1.82) is 0 Å². The average molecular weight is 480 g/mol. The Kier molecular flexibility index (Phi) is 6.03. The standard InChI is InChI=1S/C27H25N7O2/c1-4-34-16-22(17(2)31-34)25-15-21(20-7-5-6-8-23(20)30-25)26(35)28-18-9-11-19(12-10-18)29-27(36)24-13-14-33(3)32-24/h5-16H,4H2,1-3H3,(H,28,35)(H,29,36). The molecule has 180 valence electrons. The van der Waals surface area contributed by atoms with Crippen LogP contribution in [0.25, 0.3) is 22.2 Å². The van der Waals surface area contributed by atoms with Crippen LogP contribution in [0.1, 0.15) is 33.5 Å². The summed E-state index contributed by atoms with van der Waals surface area (Å²) in [5.41, 5.74) is 5.23. The normalized spacial score (nSPS) is 11.0. The van der Waals surface area contributed by atoms with Gasteiger partial charge in [0.2, 0.25) is 0 Å². The van der Waals surface area contributed by atoms with Crippen LogP contribution in [0, 0.1) is 6.92 Å².